The summed E-state index contributed by atoms with van der Waals surface area (Å²) >= 11 is 0. The Balaban J connectivity index is 1.83. The van der Waals surface area contributed by atoms with Crippen molar-refractivity contribution in [1.82, 2.24) is 4.90 Å². The molecular weight excluding hydrogens is 280 g/mol. The van der Waals surface area contributed by atoms with Gasteiger partial charge in [0.15, 0.2) is 0 Å². The molecule has 22 heavy (non-hydrogen) atoms. The first-order valence-electron chi connectivity index (χ1n) is 7.47. The summed E-state index contributed by atoms with van der Waals surface area (Å²) in [5, 5.41) is 11.4. The van der Waals surface area contributed by atoms with E-state index >= 15 is 0 Å². The molecule has 1 N–H and O–H groups in total. The van der Waals surface area contributed by atoms with Gasteiger partial charge in [-0.25, -0.2) is 0 Å². The van der Waals surface area contributed by atoms with Crippen molar-refractivity contribution in [2.24, 2.45) is 0 Å². The third-order valence-electron chi connectivity index (χ3n) is 3.55. The first kappa shape index (κ1) is 16.3. The van der Waals surface area contributed by atoms with Crippen molar-refractivity contribution in [3.05, 3.63) is 24.3 Å². The highest BCUT2D eigenvalue weighted by Crippen LogP contribution is 2.18. The molecule has 1 aromatic carbocycles. The number of hydrogen-bond donors (Lipinski definition) is 1. The van der Waals surface area contributed by atoms with Crippen molar-refractivity contribution >= 4 is 17.3 Å². The van der Waals surface area contributed by atoms with E-state index in [4.69, 9.17) is 10.00 Å². The van der Waals surface area contributed by atoms with Crippen LogP contribution in [0, 0.1) is 11.3 Å². The van der Waals surface area contributed by atoms with Crippen molar-refractivity contribution in [2.45, 2.75) is 6.42 Å². The van der Waals surface area contributed by atoms with E-state index in [2.05, 4.69) is 16.3 Å². The molecule has 1 aliphatic heterocycles. The van der Waals surface area contributed by atoms with E-state index in [1.807, 2.05) is 36.2 Å². The minimum absolute atomic E-state index is 0.0698. The molecule has 0 aromatic heterocycles. The molecule has 0 saturated carbocycles. The van der Waals surface area contributed by atoms with Crippen LogP contribution in [0.25, 0.3) is 0 Å². The number of amides is 1. The van der Waals surface area contributed by atoms with Crippen LogP contribution in [0.4, 0.5) is 11.4 Å². The second-order valence-corrected chi connectivity index (χ2v) is 5.34. The first-order chi connectivity index (χ1) is 10.7. The lowest BCUT2D eigenvalue weighted by Crippen LogP contribution is -2.36. The van der Waals surface area contributed by atoms with Crippen LogP contribution in [0.5, 0.6) is 0 Å². The molecule has 0 radical (unpaired) electrons. The molecule has 0 bridgehead atoms. The van der Waals surface area contributed by atoms with E-state index in [9.17, 15) is 4.79 Å². The van der Waals surface area contributed by atoms with Gasteiger partial charge in [-0.2, -0.15) is 5.26 Å². The maximum atomic E-state index is 11.9. The number of hydrogen-bond acceptors (Lipinski definition) is 5. The van der Waals surface area contributed by atoms with Gasteiger partial charge in [0.2, 0.25) is 5.91 Å². The minimum Gasteiger partial charge on any atom is -0.378 e. The second kappa shape index (κ2) is 8.37. The standard InChI is InChI=1S/C16H22N4O2/c1-19(8-2-7-17)13-16(21)18-14-3-5-15(6-4-14)20-9-11-22-12-10-20/h3-6H,2,8-13H2,1H3,(H,18,21). The highest BCUT2D eigenvalue weighted by atomic mass is 16.5. The predicted octanol–water partition coefficient (Wildman–Crippen LogP) is 1.31. The number of anilines is 2. The Morgan fingerprint density at radius 3 is 2.68 bits per heavy atom. The molecule has 6 nitrogen and oxygen atoms in total. The van der Waals surface area contributed by atoms with Crippen molar-refractivity contribution in [2.75, 3.05) is 56.7 Å². The van der Waals surface area contributed by atoms with Gasteiger partial charge >= 0.3 is 0 Å². The fraction of sp³-hybridized carbons (Fsp3) is 0.500. The minimum atomic E-state index is -0.0698. The van der Waals surface area contributed by atoms with Crippen LogP contribution in [-0.2, 0) is 9.53 Å². The van der Waals surface area contributed by atoms with E-state index in [0.717, 1.165) is 37.7 Å². The third-order valence-corrected chi connectivity index (χ3v) is 3.55. The normalized spacial score (nSPS) is 14.7. The van der Waals surface area contributed by atoms with E-state index in [1.54, 1.807) is 0 Å². The fourth-order valence-corrected chi connectivity index (χ4v) is 2.34. The van der Waals surface area contributed by atoms with Gasteiger partial charge in [-0.05, 0) is 31.3 Å². The Kier molecular flexibility index (Phi) is 6.19. The van der Waals surface area contributed by atoms with E-state index < -0.39 is 0 Å². The molecule has 1 amide bonds. The van der Waals surface area contributed by atoms with Crippen LogP contribution in [0.15, 0.2) is 24.3 Å². The summed E-state index contributed by atoms with van der Waals surface area (Å²) < 4.78 is 5.34. The third kappa shape index (κ3) is 5.02. The number of benzene rings is 1. The average molecular weight is 302 g/mol. The van der Waals surface area contributed by atoms with Crippen LogP contribution in [0.3, 0.4) is 0 Å². The number of ether oxygens (including phenoxy) is 1. The molecule has 2 rings (SSSR count). The lowest BCUT2D eigenvalue weighted by molar-refractivity contribution is -0.117. The molecular formula is C16H22N4O2. The highest BCUT2D eigenvalue weighted by molar-refractivity contribution is 5.92. The number of nitrogens with one attached hydrogen (secondary N) is 1. The lowest BCUT2D eigenvalue weighted by atomic mass is 10.2. The lowest BCUT2D eigenvalue weighted by Gasteiger charge is -2.28. The zero-order chi connectivity index (χ0) is 15.8. The van der Waals surface area contributed by atoms with Crippen molar-refractivity contribution < 1.29 is 9.53 Å². The molecule has 0 spiro atoms. The predicted molar refractivity (Wildman–Crippen MR) is 85.8 cm³/mol. The molecule has 6 heteroatoms. The number of rotatable bonds is 6. The molecule has 1 heterocycles. The summed E-state index contributed by atoms with van der Waals surface area (Å²) in [4.78, 5) is 16.0. The Bertz CT molecular complexity index is 518. The maximum Gasteiger partial charge on any atom is 0.238 e. The zero-order valence-electron chi connectivity index (χ0n) is 12.9. The molecule has 1 aromatic rings. The molecule has 0 aliphatic carbocycles. The van der Waals surface area contributed by atoms with Crippen LogP contribution in [-0.4, -0.2) is 57.2 Å². The molecule has 1 fully saturated rings. The Labute approximate surface area is 131 Å². The van der Waals surface area contributed by atoms with Gasteiger partial charge < -0.3 is 15.0 Å². The molecule has 1 saturated heterocycles. The summed E-state index contributed by atoms with van der Waals surface area (Å²) in [5.74, 6) is -0.0698. The average Bonchev–Trinajstić information content (AvgIpc) is 2.54. The van der Waals surface area contributed by atoms with Gasteiger partial charge in [0.1, 0.15) is 0 Å². The quantitative estimate of drug-likeness (QED) is 0.858. The Hall–Kier alpha value is -2.10. The summed E-state index contributed by atoms with van der Waals surface area (Å²) in [6.07, 6.45) is 0.429. The zero-order valence-corrected chi connectivity index (χ0v) is 12.9. The largest absolute Gasteiger partial charge is 0.378 e. The van der Waals surface area contributed by atoms with Crippen molar-refractivity contribution in [3.8, 4) is 6.07 Å². The molecule has 0 unspecified atom stereocenters. The number of carbonyl (C=O) groups excluding carboxylic acids is 1. The first-order valence-corrected chi connectivity index (χ1v) is 7.47. The topological polar surface area (TPSA) is 68.6 Å². The smallest absolute Gasteiger partial charge is 0.238 e. The maximum absolute atomic E-state index is 11.9. The van der Waals surface area contributed by atoms with Gasteiger partial charge in [-0.3, -0.25) is 9.69 Å². The Morgan fingerprint density at radius 1 is 1.36 bits per heavy atom. The summed E-state index contributed by atoms with van der Waals surface area (Å²) in [6, 6.07) is 9.93. The van der Waals surface area contributed by atoms with Crippen molar-refractivity contribution in [3.63, 3.8) is 0 Å². The number of morpholine rings is 1. The highest BCUT2D eigenvalue weighted by Gasteiger charge is 2.11. The monoisotopic (exact) mass is 302 g/mol. The van der Waals surface area contributed by atoms with Gasteiger partial charge in [-0.15, -0.1) is 0 Å². The molecule has 118 valence electrons. The summed E-state index contributed by atoms with van der Waals surface area (Å²) in [6.45, 7) is 4.19. The SMILES string of the molecule is CN(CCC#N)CC(=O)Nc1ccc(N2CCOCC2)cc1. The Morgan fingerprint density at radius 2 is 2.05 bits per heavy atom. The molecule has 0 atom stereocenters. The van der Waals surface area contributed by atoms with Gasteiger partial charge in [-0.1, -0.05) is 0 Å². The second-order valence-electron chi connectivity index (χ2n) is 5.34. The number of nitriles is 1. The summed E-state index contributed by atoms with van der Waals surface area (Å²) in [5.41, 5.74) is 1.93. The summed E-state index contributed by atoms with van der Waals surface area (Å²) in [7, 11) is 1.83. The van der Waals surface area contributed by atoms with E-state index in [-0.39, 0.29) is 12.5 Å². The number of carbonyl (C=O) groups is 1. The van der Waals surface area contributed by atoms with Crippen molar-refractivity contribution in [1.29, 1.82) is 5.26 Å². The van der Waals surface area contributed by atoms with Gasteiger partial charge in [0, 0.05) is 37.4 Å². The number of likely N-dealkylation sites (N-methyl/N-ethyl adjacent to an activating group) is 1. The number of nitrogens with zero attached hydrogens (tertiary/aromatic N) is 3. The molecule has 1 aliphatic rings. The van der Waals surface area contributed by atoms with Crippen LogP contribution in [0.1, 0.15) is 6.42 Å². The van der Waals surface area contributed by atoms with Gasteiger partial charge in [0.05, 0.1) is 25.8 Å². The van der Waals surface area contributed by atoms with E-state index in [1.165, 1.54) is 0 Å². The fourth-order valence-electron chi connectivity index (χ4n) is 2.34. The van der Waals surface area contributed by atoms with Crippen LogP contribution in [0.2, 0.25) is 0 Å². The van der Waals surface area contributed by atoms with E-state index in [0.29, 0.717) is 13.0 Å². The van der Waals surface area contributed by atoms with Crippen LogP contribution >= 0.6 is 0 Å². The van der Waals surface area contributed by atoms with Gasteiger partial charge in [0.25, 0.3) is 0 Å². The van der Waals surface area contributed by atoms with Crippen LogP contribution < -0.4 is 10.2 Å².